The molecule has 1 saturated heterocycles. The van der Waals surface area contributed by atoms with Crippen LogP contribution in [0.5, 0.6) is 0 Å². The van der Waals surface area contributed by atoms with Gasteiger partial charge in [-0.05, 0) is 38.2 Å². The van der Waals surface area contributed by atoms with Gasteiger partial charge in [0.1, 0.15) is 12.2 Å². The summed E-state index contributed by atoms with van der Waals surface area (Å²) in [6.45, 7) is 5.69. The molecule has 1 aliphatic carbocycles. The van der Waals surface area contributed by atoms with Crippen molar-refractivity contribution >= 4 is 12.4 Å². The predicted octanol–water partition coefficient (Wildman–Crippen LogP) is 2.68. The summed E-state index contributed by atoms with van der Waals surface area (Å²) in [5, 5.41) is 0. The van der Waals surface area contributed by atoms with Crippen LogP contribution in [-0.4, -0.2) is 60.6 Å². The summed E-state index contributed by atoms with van der Waals surface area (Å²) in [5.74, 6) is 0.151. The van der Waals surface area contributed by atoms with Gasteiger partial charge in [-0.1, -0.05) is 25.0 Å². The lowest BCUT2D eigenvalue weighted by Crippen LogP contribution is -2.48. The average Bonchev–Trinajstić information content (AvgIpc) is 3.37. The minimum absolute atomic E-state index is 0.303. The number of hydrogen-bond acceptors (Lipinski definition) is 4. The topological polar surface area (TPSA) is 49.9 Å². The summed E-state index contributed by atoms with van der Waals surface area (Å²) in [6.07, 6.45) is 9.13. The second kappa shape index (κ2) is 9.70. The Balaban J connectivity index is 2.04. The first-order valence-electron chi connectivity index (χ1n) is 9.16. The Morgan fingerprint density at radius 1 is 1.40 bits per heavy atom. The molecule has 2 rings (SSSR count). The van der Waals surface area contributed by atoms with Crippen molar-refractivity contribution in [1.29, 1.82) is 0 Å². The molecule has 0 N–H and O–H groups in total. The molecule has 2 fully saturated rings. The number of carbonyl (C=O) groups is 2. The van der Waals surface area contributed by atoms with Crippen LogP contribution in [0.3, 0.4) is 0 Å². The van der Waals surface area contributed by atoms with E-state index >= 15 is 0 Å². The quantitative estimate of drug-likeness (QED) is 0.326. The highest BCUT2D eigenvalue weighted by atomic mass is 19.1. The number of ether oxygens (including phenoxy) is 1. The van der Waals surface area contributed by atoms with Gasteiger partial charge >= 0.3 is 5.97 Å². The van der Waals surface area contributed by atoms with E-state index in [1.807, 2.05) is 24.0 Å². The van der Waals surface area contributed by atoms with Crippen molar-refractivity contribution < 1.29 is 18.7 Å². The summed E-state index contributed by atoms with van der Waals surface area (Å²) in [6, 6.07) is -0.565. The van der Waals surface area contributed by atoms with E-state index in [0.29, 0.717) is 44.9 Å². The second-order valence-corrected chi connectivity index (χ2v) is 6.81. The first kappa shape index (κ1) is 19.6. The molecule has 1 amide bonds. The monoisotopic (exact) mass is 352 g/mol. The van der Waals surface area contributed by atoms with Crippen molar-refractivity contribution in [1.82, 2.24) is 9.80 Å². The molecule has 0 bridgehead atoms. The number of allylic oxidation sites excluding steroid dienone is 2. The van der Waals surface area contributed by atoms with Crippen LogP contribution < -0.4 is 0 Å². The van der Waals surface area contributed by atoms with Gasteiger partial charge in [-0.25, -0.2) is 9.18 Å². The van der Waals surface area contributed by atoms with Gasteiger partial charge in [-0.2, -0.15) is 0 Å². The van der Waals surface area contributed by atoms with E-state index in [9.17, 15) is 14.0 Å². The smallest absolute Gasteiger partial charge is 0.329 e. The number of halogens is 1. The maximum atomic E-state index is 12.9. The van der Waals surface area contributed by atoms with Crippen molar-refractivity contribution in [2.75, 3.05) is 26.2 Å². The maximum Gasteiger partial charge on any atom is 0.329 e. The van der Waals surface area contributed by atoms with Gasteiger partial charge in [0.05, 0.1) is 6.61 Å². The van der Waals surface area contributed by atoms with Crippen LogP contribution in [0.25, 0.3) is 0 Å². The van der Waals surface area contributed by atoms with E-state index in [4.69, 9.17) is 4.74 Å². The molecule has 140 valence electrons. The fourth-order valence-corrected chi connectivity index (χ4v) is 3.01. The Hall–Kier alpha value is -1.69. The van der Waals surface area contributed by atoms with Crippen molar-refractivity contribution in [3.8, 4) is 0 Å². The standard InChI is InChI=1S/C19H29FN2O3/c1-3-5-16(8-9-21-12-17(20)13-21)11-22(14-23)18(10-15-6-7-15)19(24)25-4-2/h3,5,11,14-15,17-18H,4,6-10,12-13H2,1-2H3/b5-3-,16-11+. The second-order valence-electron chi connectivity index (χ2n) is 6.81. The maximum absolute atomic E-state index is 12.9. The molecule has 0 spiro atoms. The van der Waals surface area contributed by atoms with Crippen molar-refractivity contribution in [2.45, 2.75) is 51.7 Å². The van der Waals surface area contributed by atoms with E-state index in [1.165, 1.54) is 4.90 Å². The fourth-order valence-electron chi connectivity index (χ4n) is 3.01. The highest BCUT2D eigenvalue weighted by molar-refractivity contribution is 5.78. The van der Waals surface area contributed by atoms with Crippen LogP contribution in [0.4, 0.5) is 4.39 Å². The van der Waals surface area contributed by atoms with Gasteiger partial charge in [0, 0.05) is 25.8 Å². The number of likely N-dealkylation sites (tertiary alicyclic amines) is 1. The zero-order chi connectivity index (χ0) is 18.2. The van der Waals surface area contributed by atoms with Gasteiger partial charge in [0.25, 0.3) is 0 Å². The summed E-state index contributed by atoms with van der Waals surface area (Å²) in [7, 11) is 0. The Morgan fingerprint density at radius 3 is 2.64 bits per heavy atom. The molecule has 0 radical (unpaired) electrons. The number of nitrogens with zero attached hydrogens (tertiary/aromatic N) is 2. The SMILES string of the molecule is C/C=C\C(=C/N(C=O)C(CC1CC1)C(=O)OCC)CCN1CC(F)C1. The van der Waals surface area contributed by atoms with Crippen LogP contribution in [0.15, 0.2) is 23.9 Å². The number of alkyl halides is 1. The molecule has 25 heavy (non-hydrogen) atoms. The van der Waals surface area contributed by atoms with E-state index in [-0.39, 0.29) is 5.97 Å². The largest absolute Gasteiger partial charge is 0.464 e. The summed E-state index contributed by atoms with van der Waals surface area (Å²) < 4.78 is 18.1. The van der Waals surface area contributed by atoms with Crippen LogP contribution in [0, 0.1) is 5.92 Å². The van der Waals surface area contributed by atoms with Crippen LogP contribution in [0.2, 0.25) is 0 Å². The third kappa shape index (κ3) is 6.27. The third-order valence-electron chi connectivity index (χ3n) is 4.62. The van der Waals surface area contributed by atoms with Crippen LogP contribution in [0.1, 0.15) is 39.5 Å². The van der Waals surface area contributed by atoms with E-state index in [1.54, 1.807) is 13.1 Å². The molecule has 6 heteroatoms. The van der Waals surface area contributed by atoms with Crippen molar-refractivity contribution in [3.05, 3.63) is 23.9 Å². The lowest BCUT2D eigenvalue weighted by atomic mass is 10.1. The number of amides is 1. The van der Waals surface area contributed by atoms with Gasteiger partial charge in [-0.3, -0.25) is 9.69 Å². The van der Waals surface area contributed by atoms with Crippen LogP contribution in [-0.2, 0) is 14.3 Å². The zero-order valence-corrected chi connectivity index (χ0v) is 15.2. The molecular formula is C19H29FN2O3. The van der Waals surface area contributed by atoms with Gasteiger partial charge < -0.3 is 9.64 Å². The Bertz CT molecular complexity index is 511. The van der Waals surface area contributed by atoms with Crippen LogP contribution >= 0.6 is 0 Å². The third-order valence-corrected chi connectivity index (χ3v) is 4.62. The molecule has 0 aromatic heterocycles. The molecule has 1 heterocycles. The summed E-state index contributed by atoms with van der Waals surface area (Å²) in [5.41, 5.74) is 0.946. The number of rotatable bonds is 11. The molecule has 5 nitrogen and oxygen atoms in total. The molecule has 2 aliphatic rings. The van der Waals surface area contributed by atoms with Crippen molar-refractivity contribution in [3.63, 3.8) is 0 Å². The molecule has 0 aromatic carbocycles. The van der Waals surface area contributed by atoms with Gasteiger partial charge in [0.2, 0.25) is 6.41 Å². The minimum Gasteiger partial charge on any atom is -0.464 e. The first-order chi connectivity index (χ1) is 12.1. The number of esters is 1. The van der Waals surface area contributed by atoms with Gasteiger partial charge in [-0.15, -0.1) is 0 Å². The average molecular weight is 352 g/mol. The van der Waals surface area contributed by atoms with Gasteiger partial charge in [0.15, 0.2) is 0 Å². The fraction of sp³-hybridized carbons (Fsp3) is 0.684. The summed E-state index contributed by atoms with van der Waals surface area (Å²) >= 11 is 0. The lowest BCUT2D eigenvalue weighted by molar-refractivity contribution is -0.150. The van der Waals surface area contributed by atoms with E-state index in [0.717, 1.165) is 25.0 Å². The summed E-state index contributed by atoms with van der Waals surface area (Å²) in [4.78, 5) is 27.4. The molecule has 1 atom stereocenters. The molecule has 1 unspecified atom stereocenters. The normalized spacial score (nSPS) is 20.4. The first-order valence-corrected chi connectivity index (χ1v) is 9.16. The lowest BCUT2D eigenvalue weighted by Gasteiger charge is -2.34. The molecule has 0 aromatic rings. The van der Waals surface area contributed by atoms with E-state index in [2.05, 4.69) is 0 Å². The molecule has 1 saturated carbocycles. The molecular weight excluding hydrogens is 323 g/mol. The van der Waals surface area contributed by atoms with Crippen molar-refractivity contribution in [2.24, 2.45) is 5.92 Å². The molecule has 1 aliphatic heterocycles. The Morgan fingerprint density at radius 2 is 2.12 bits per heavy atom. The highest BCUT2D eigenvalue weighted by Crippen LogP contribution is 2.35. The minimum atomic E-state index is -0.715. The zero-order valence-electron chi connectivity index (χ0n) is 15.2. The Labute approximate surface area is 149 Å². The number of hydrogen-bond donors (Lipinski definition) is 0. The highest BCUT2D eigenvalue weighted by Gasteiger charge is 2.33. The predicted molar refractivity (Wildman–Crippen MR) is 94.5 cm³/mol. The van der Waals surface area contributed by atoms with E-state index < -0.39 is 12.2 Å². The Kier molecular flexibility index (Phi) is 7.62. The number of carbonyl (C=O) groups excluding carboxylic acids is 2.